The fraction of sp³-hybridized carbons (Fsp3) is 0.200. The predicted octanol–water partition coefficient (Wildman–Crippen LogP) is 4.01. The van der Waals surface area contributed by atoms with Crippen LogP contribution in [0, 0.1) is 0 Å². The number of benzene rings is 2. The number of nitrogen functional groups attached to an aromatic ring is 1. The SMILES string of the molecule is CCOc1ccc(OCc2cc(N)cc(Br)c2)cc1. The van der Waals surface area contributed by atoms with Crippen molar-refractivity contribution in [3.8, 4) is 11.5 Å². The van der Waals surface area contributed by atoms with Gasteiger partial charge in [-0.25, -0.2) is 0 Å². The van der Waals surface area contributed by atoms with Gasteiger partial charge in [-0.2, -0.15) is 0 Å². The van der Waals surface area contributed by atoms with Crippen LogP contribution in [-0.2, 0) is 6.61 Å². The molecule has 3 nitrogen and oxygen atoms in total. The molecule has 19 heavy (non-hydrogen) atoms. The molecule has 0 aliphatic rings. The fourth-order valence-electron chi connectivity index (χ4n) is 1.72. The van der Waals surface area contributed by atoms with Gasteiger partial charge in [0.05, 0.1) is 6.61 Å². The van der Waals surface area contributed by atoms with E-state index in [0.717, 1.165) is 27.2 Å². The Kier molecular flexibility index (Phi) is 4.68. The van der Waals surface area contributed by atoms with Crippen LogP contribution in [-0.4, -0.2) is 6.61 Å². The summed E-state index contributed by atoms with van der Waals surface area (Å²) in [4.78, 5) is 0. The number of nitrogens with two attached hydrogens (primary N) is 1. The standard InChI is InChI=1S/C15H16BrNO2/c1-2-18-14-3-5-15(6-4-14)19-10-11-7-12(16)9-13(17)8-11/h3-9H,2,10,17H2,1H3. The van der Waals surface area contributed by atoms with Crippen LogP contribution in [0.1, 0.15) is 12.5 Å². The van der Waals surface area contributed by atoms with E-state index in [9.17, 15) is 0 Å². The van der Waals surface area contributed by atoms with Crippen LogP contribution < -0.4 is 15.2 Å². The largest absolute Gasteiger partial charge is 0.494 e. The Morgan fingerprint density at radius 1 is 1.00 bits per heavy atom. The number of halogens is 1. The molecule has 0 bridgehead atoms. The highest BCUT2D eigenvalue weighted by atomic mass is 79.9. The molecule has 0 heterocycles. The number of hydrogen-bond acceptors (Lipinski definition) is 3. The second-order valence-electron chi connectivity index (χ2n) is 4.09. The van der Waals surface area contributed by atoms with Crippen molar-refractivity contribution in [3.63, 3.8) is 0 Å². The molecule has 2 N–H and O–H groups in total. The van der Waals surface area contributed by atoms with E-state index in [4.69, 9.17) is 15.2 Å². The Bertz CT molecular complexity index is 520. The Morgan fingerprint density at radius 2 is 1.63 bits per heavy atom. The maximum Gasteiger partial charge on any atom is 0.120 e. The van der Waals surface area contributed by atoms with Gasteiger partial charge in [-0.3, -0.25) is 0 Å². The maximum atomic E-state index is 5.78. The van der Waals surface area contributed by atoms with Gasteiger partial charge < -0.3 is 15.2 Å². The summed E-state index contributed by atoms with van der Waals surface area (Å²) in [7, 11) is 0. The van der Waals surface area contributed by atoms with E-state index in [2.05, 4.69) is 15.9 Å². The molecule has 0 aliphatic carbocycles. The minimum Gasteiger partial charge on any atom is -0.494 e. The Labute approximate surface area is 121 Å². The van der Waals surface area contributed by atoms with Crippen molar-refractivity contribution in [2.75, 3.05) is 12.3 Å². The highest BCUT2D eigenvalue weighted by molar-refractivity contribution is 9.10. The minimum absolute atomic E-state index is 0.484. The van der Waals surface area contributed by atoms with Gasteiger partial charge in [-0.05, 0) is 55.0 Å². The topological polar surface area (TPSA) is 44.5 Å². The maximum absolute atomic E-state index is 5.78. The van der Waals surface area contributed by atoms with Gasteiger partial charge in [0.15, 0.2) is 0 Å². The first kappa shape index (κ1) is 13.7. The third-order valence-electron chi connectivity index (χ3n) is 2.52. The lowest BCUT2D eigenvalue weighted by Gasteiger charge is -2.08. The molecule has 2 aromatic carbocycles. The molecule has 0 radical (unpaired) electrons. The van der Waals surface area contributed by atoms with Crippen molar-refractivity contribution >= 4 is 21.6 Å². The molecule has 0 amide bonds. The van der Waals surface area contributed by atoms with Crippen molar-refractivity contribution < 1.29 is 9.47 Å². The normalized spacial score (nSPS) is 10.2. The monoisotopic (exact) mass is 321 g/mol. The van der Waals surface area contributed by atoms with Crippen LogP contribution in [0.25, 0.3) is 0 Å². The molecular formula is C15H16BrNO2. The van der Waals surface area contributed by atoms with Gasteiger partial charge in [0, 0.05) is 10.2 Å². The molecule has 0 saturated carbocycles. The van der Waals surface area contributed by atoms with Crippen LogP contribution in [0.3, 0.4) is 0 Å². The molecule has 0 spiro atoms. The highest BCUT2D eigenvalue weighted by Gasteiger charge is 2.00. The second kappa shape index (κ2) is 6.48. The first-order valence-electron chi connectivity index (χ1n) is 6.08. The molecule has 2 aromatic rings. The van der Waals surface area contributed by atoms with E-state index in [0.29, 0.717) is 13.2 Å². The summed E-state index contributed by atoms with van der Waals surface area (Å²) in [6, 6.07) is 13.3. The van der Waals surface area contributed by atoms with E-state index in [1.807, 2.05) is 49.4 Å². The summed E-state index contributed by atoms with van der Waals surface area (Å²) >= 11 is 3.41. The lowest BCUT2D eigenvalue weighted by molar-refractivity contribution is 0.304. The second-order valence-corrected chi connectivity index (χ2v) is 5.00. The minimum atomic E-state index is 0.484. The van der Waals surface area contributed by atoms with Crippen molar-refractivity contribution in [2.24, 2.45) is 0 Å². The first-order chi connectivity index (χ1) is 9.17. The van der Waals surface area contributed by atoms with E-state index in [-0.39, 0.29) is 0 Å². The Morgan fingerprint density at radius 3 is 2.21 bits per heavy atom. The molecule has 0 aliphatic heterocycles. The lowest BCUT2D eigenvalue weighted by Crippen LogP contribution is -1.97. The molecule has 0 atom stereocenters. The van der Waals surface area contributed by atoms with Crippen LogP contribution in [0.2, 0.25) is 0 Å². The summed E-state index contributed by atoms with van der Waals surface area (Å²) in [6.45, 7) is 3.11. The average molecular weight is 322 g/mol. The Hall–Kier alpha value is -1.68. The molecule has 0 unspecified atom stereocenters. The Balaban J connectivity index is 1.98. The molecule has 4 heteroatoms. The van der Waals surface area contributed by atoms with Crippen LogP contribution in [0.15, 0.2) is 46.9 Å². The molecule has 0 aromatic heterocycles. The van der Waals surface area contributed by atoms with Crippen LogP contribution >= 0.6 is 15.9 Å². The number of rotatable bonds is 5. The third-order valence-corrected chi connectivity index (χ3v) is 2.98. The molecule has 0 saturated heterocycles. The molecular weight excluding hydrogens is 306 g/mol. The van der Waals surface area contributed by atoms with E-state index < -0.39 is 0 Å². The summed E-state index contributed by atoms with van der Waals surface area (Å²) in [5, 5.41) is 0. The molecule has 0 fully saturated rings. The highest BCUT2D eigenvalue weighted by Crippen LogP contribution is 2.21. The van der Waals surface area contributed by atoms with Crippen LogP contribution in [0.5, 0.6) is 11.5 Å². The van der Waals surface area contributed by atoms with E-state index in [1.165, 1.54) is 0 Å². The number of anilines is 1. The summed E-state index contributed by atoms with van der Waals surface area (Å²) < 4.78 is 12.0. The summed E-state index contributed by atoms with van der Waals surface area (Å²) in [5.74, 6) is 1.66. The third kappa shape index (κ3) is 4.17. The number of ether oxygens (including phenoxy) is 2. The van der Waals surface area contributed by atoms with Gasteiger partial charge in [-0.1, -0.05) is 15.9 Å². The van der Waals surface area contributed by atoms with Crippen LogP contribution in [0.4, 0.5) is 5.69 Å². The zero-order valence-corrected chi connectivity index (χ0v) is 12.3. The van der Waals surface area contributed by atoms with Gasteiger partial charge in [0.1, 0.15) is 18.1 Å². The molecule has 100 valence electrons. The summed E-state index contributed by atoms with van der Waals surface area (Å²) in [5.41, 5.74) is 7.53. The van der Waals surface area contributed by atoms with Gasteiger partial charge in [-0.15, -0.1) is 0 Å². The predicted molar refractivity (Wildman–Crippen MR) is 80.5 cm³/mol. The zero-order valence-electron chi connectivity index (χ0n) is 10.7. The smallest absolute Gasteiger partial charge is 0.120 e. The number of hydrogen-bond donors (Lipinski definition) is 1. The first-order valence-corrected chi connectivity index (χ1v) is 6.87. The lowest BCUT2D eigenvalue weighted by atomic mass is 10.2. The van der Waals surface area contributed by atoms with Crippen molar-refractivity contribution in [1.29, 1.82) is 0 Å². The molecule has 2 rings (SSSR count). The van der Waals surface area contributed by atoms with E-state index >= 15 is 0 Å². The van der Waals surface area contributed by atoms with Crippen molar-refractivity contribution in [2.45, 2.75) is 13.5 Å². The average Bonchev–Trinajstić information content (AvgIpc) is 2.37. The zero-order chi connectivity index (χ0) is 13.7. The van der Waals surface area contributed by atoms with E-state index in [1.54, 1.807) is 0 Å². The van der Waals surface area contributed by atoms with Gasteiger partial charge >= 0.3 is 0 Å². The van der Waals surface area contributed by atoms with Gasteiger partial charge in [0.25, 0.3) is 0 Å². The van der Waals surface area contributed by atoms with Gasteiger partial charge in [0.2, 0.25) is 0 Å². The van der Waals surface area contributed by atoms with Crippen molar-refractivity contribution in [3.05, 3.63) is 52.5 Å². The quantitative estimate of drug-likeness (QED) is 0.846. The van der Waals surface area contributed by atoms with Crippen molar-refractivity contribution in [1.82, 2.24) is 0 Å². The summed E-state index contributed by atoms with van der Waals surface area (Å²) in [6.07, 6.45) is 0. The fourth-order valence-corrected chi connectivity index (χ4v) is 2.28.